The zero-order valence-corrected chi connectivity index (χ0v) is 9.86. The maximum absolute atomic E-state index is 13.0. The van der Waals surface area contributed by atoms with Crippen LogP contribution in [0, 0.1) is 5.82 Å². The molecule has 0 saturated carbocycles. The van der Waals surface area contributed by atoms with Crippen LogP contribution in [0.3, 0.4) is 0 Å². The Kier molecular flexibility index (Phi) is 6.44. The van der Waals surface area contributed by atoms with Crippen molar-refractivity contribution >= 4 is 24.0 Å². The molecule has 4 nitrogen and oxygen atoms in total. The van der Waals surface area contributed by atoms with E-state index in [1.165, 1.54) is 25.3 Å². The van der Waals surface area contributed by atoms with E-state index in [4.69, 9.17) is 4.74 Å². The Bertz CT molecular complexity index is 361. The first kappa shape index (κ1) is 14.7. The Morgan fingerprint density at radius 2 is 2.19 bits per heavy atom. The number of carbonyl (C=O) groups is 1. The number of amides is 1. The number of carbonyl (C=O) groups excluding carboxylic acids is 1. The molecule has 0 aliphatic rings. The van der Waals surface area contributed by atoms with E-state index >= 15 is 0 Å². The molecule has 0 aliphatic carbocycles. The highest BCUT2D eigenvalue weighted by atomic mass is 35.5. The van der Waals surface area contributed by atoms with Crippen molar-refractivity contribution in [3.63, 3.8) is 0 Å². The molecular weight excluding hydrogens is 235 g/mol. The lowest BCUT2D eigenvalue weighted by molar-refractivity contribution is -0.115. The molecule has 0 saturated heterocycles. The fourth-order valence-electron chi connectivity index (χ4n) is 1.10. The Hall–Kier alpha value is -1.33. The van der Waals surface area contributed by atoms with E-state index in [-0.39, 0.29) is 30.6 Å². The van der Waals surface area contributed by atoms with Crippen molar-refractivity contribution in [3.8, 4) is 5.75 Å². The van der Waals surface area contributed by atoms with Gasteiger partial charge in [-0.15, -0.1) is 12.4 Å². The minimum absolute atomic E-state index is 0. The Labute approximate surface area is 99.6 Å². The number of halogens is 2. The van der Waals surface area contributed by atoms with Crippen LogP contribution in [0.15, 0.2) is 18.2 Å². The lowest BCUT2D eigenvalue weighted by Crippen LogP contribution is -2.25. The monoisotopic (exact) mass is 248 g/mol. The normalized spacial score (nSPS) is 9.19. The van der Waals surface area contributed by atoms with Gasteiger partial charge in [-0.3, -0.25) is 4.79 Å². The largest absolute Gasteiger partial charge is 0.494 e. The van der Waals surface area contributed by atoms with Crippen LogP contribution in [-0.4, -0.2) is 26.6 Å². The zero-order chi connectivity index (χ0) is 11.3. The summed E-state index contributed by atoms with van der Waals surface area (Å²) in [7, 11) is 3.04. The van der Waals surface area contributed by atoms with E-state index < -0.39 is 5.82 Å². The van der Waals surface area contributed by atoms with Crippen LogP contribution in [0.25, 0.3) is 0 Å². The summed E-state index contributed by atoms with van der Waals surface area (Å²) in [6.07, 6.45) is 0. The fraction of sp³-hybridized carbons (Fsp3) is 0.300. The fourth-order valence-corrected chi connectivity index (χ4v) is 1.10. The van der Waals surface area contributed by atoms with Gasteiger partial charge in [-0.2, -0.15) is 0 Å². The van der Waals surface area contributed by atoms with Gasteiger partial charge in [-0.25, -0.2) is 4.39 Å². The number of hydrogen-bond acceptors (Lipinski definition) is 3. The standard InChI is InChI=1S/C10H13FN2O2.ClH/c1-12-6-10(14)13-7-3-4-8(11)9(5-7)15-2;/h3-5,12H,6H2,1-2H3,(H,13,14);1H. The molecule has 0 unspecified atom stereocenters. The second kappa shape index (κ2) is 7.03. The van der Waals surface area contributed by atoms with Crippen LogP contribution in [0.1, 0.15) is 0 Å². The zero-order valence-electron chi connectivity index (χ0n) is 9.04. The van der Waals surface area contributed by atoms with Crippen LogP contribution < -0.4 is 15.4 Å². The van der Waals surface area contributed by atoms with E-state index in [9.17, 15) is 9.18 Å². The molecule has 0 fully saturated rings. The van der Waals surface area contributed by atoms with Crippen LogP contribution >= 0.6 is 12.4 Å². The van der Waals surface area contributed by atoms with Crippen molar-refractivity contribution in [1.29, 1.82) is 0 Å². The second-order valence-electron chi connectivity index (χ2n) is 2.93. The summed E-state index contributed by atoms with van der Waals surface area (Å²) < 4.78 is 17.8. The van der Waals surface area contributed by atoms with Crippen molar-refractivity contribution in [2.24, 2.45) is 0 Å². The Morgan fingerprint density at radius 1 is 1.50 bits per heavy atom. The summed E-state index contributed by atoms with van der Waals surface area (Å²) in [6, 6.07) is 4.15. The Balaban J connectivity index is 0.00000225. The number of hydrogen-bond donors (Lipinski definition) is 2. The maximum atomic E-state index is 13.0. The van der Waals surface area contributed by atoms with Crippen molar-refractivity contribution in [3.05, 3.63) is 24.0 Å². The lowest BCUT2D eigenvalue weighted by atomic mass is 10.3. The molecule has 0 atom stereocenters. The topological polar surface area (TPSA) is 50.4 Å². The lowest BCUT2D eigenvalue weighted by Gasteiger charge is -2.07. The molecule has 1 aromatic rings. The van der Waals surface area contributed by atoms with Gasteiger partial charge in [0, 0.05) is 11.8 Å². The average Bonchev–Trinajstić information content (AvgIpc) is 2.21. The van der Waals surface area contributed by atoms with E-state index in [0.717, 1.165) is 0 Å². The molecule has 0 spiro atoms. The summed E-state index contributed by atoms with van der Waals surface area (Å²) in [6.45, 7) is 0.208. The highest BCUT2D eigenvalue weighted by Crippen LogP contribution is 2.21. The predicted molar refractivity (Wildman–Crippen MR) is 62.8 cm³/mol. The van der Waals surface area contributed by atoms with Gasteiger partial charge in [-0.1, -0.05) is 0 Å². The minimum Gasteiger partial charge on any atom is -0.494 e. The number of nitrogens with one attached hydrogen (secondary N) is 2. The van der Waals surface area contributed by atoms with Crippen LogP contribution in [0.5, 0.6) is 5.75 Å². The van der Waals surface area contributed by atoms with E-state index in [0.29, 0.717) is 5.69 Å². The minimum atomic E-state index is -0.455. The summed E-state index contributed by atoms with van der Waals surface area (Å²) in [5.41, 5.74) is 0.508. The smallest absolute Gasteiger partial charge is 0.238 e. The highest BCUT2D eigenvalue weighted by molar-refractivity contribution is 5.92. The van der Waals surface area contributed by atoms with Gasteiger partial charge < -0.3 is 15.4 Å². The number of ether oxygens (including phenoxy) is 1. The average molecular weight is 249 g/mol. The molecule has 0 aromatic heterocycles. The number of likely N-dealkylation sites (N-methyl/N-ethyl adjacent to an activating group) is 1. The summed E-state index contributed by atoms with van der Waals surface area (Å²) in [5.74, 6) is -0.535. The molecule has 90 valence electrons. The van der Waals surface area contributed by atoms with Gasteiger partial charge in [0.25, 0.3) is 0 Å². The summed E-state index contributed by atoms with van der Waals surface area (Å²) in [5, 5.41) is 5.31. The first-order valence-corrected chi connectivity index (χ1v) is 4.45. The molecule has 0 aliphatic heterocycles. The maximum Gasteiger partial charge on any atom is 0.238 e. The van der Waals surface area contributed by atoms with Crippen molar-refractivity contribution in [2.45, 2.75) is 0 Å². The number of benzene rings is 1. The molecule has 16 heavy (non-hydrogen) atoms. The third kappa shape index (κ3) is 4.04. The summed E-state index contributed by atoms with van der Waals surface area (Å²) in [4.78, 5) is 11.2. The molecule has 6 heteroatoms. The predicted octanol–water partition coefficient (Wildman–Crippen LogP) is 1.41. The quantitative estimate of drug-likeness (QED) is 0.847. The molecule has 0 radical (unpaired) electrons. The molecule has 1 rings (SSSR count). The van der Waals surface area contributed by atoms with Crippen molar-refractivity contribution < 1.29 is 13.9 Å². The van der Waals surface area contributed by atoms with Gasteiger partial charge in [0.2, 0.25) is 5.91 Å². The first-order valence-electron chi connectivity index (χ1n) is 4.45. The van der Waals surface area contributed by atoms with E-state index in [1.54, 1.807) is 7.05 Å². The molecule has 0 bridgehead atoms. The Morgan fingerprint density at radius 3 is 2.75 bits per heavy atom. The second-order valence-corrected chi connectivity index (χ2v) is 2.93. The summed E-state index contributed by atoms with van der Waals surface area (Å²) >= 11 is 0. The van der Waals surface area contributed by atoms with Crippen molar-refractivity contribution in [2.75, 3.05) is 26.0 Å². The molecular formula is C10H14ClFN2O2. The van der Waals surface area contributed by atoms with E-state index in [1.807, 2.05) is 0 Å². The molecule has 1 aromatic carbocycles. The SMILES string of the molecule is CNCC(=O)Nc1ccc(F)c(OC)c1.Cl. The van der Waals surface area contributed by atoms with E-state index in [2.05, 4.69) is 10.6 Å². The highest BCUT2D eigenvalue weighted by Gasteiger charge is 2.05. The number of anilines is 1. The van der Waals surface area contributed by atoms with Gasteiger partial charge in [0.05, 0.1) is 13.7 Å². The van der Waals surface area contributed by atoms with Gasteiger partial charge in [0.1, 0.15) is 0 Å². The van der Waals surface area contributed by atoms with Crippen LogP contribution in [0.2, 0.25) is 0 Å². The van der Waals surface area contributed by atoms with Gasteiger partial charge in [-0.05, 0) is 19.2 Å². The number of methoxy groups -OCH3 is 1. The van der Waals surface area contributed by atoms with Gasteiger partial charge in [0.15, 0.2) is 11.6 Å². The molecule has 0 heterocycles. The third-order valence-electron chi connectivity index (χ3n) is 1.77. The molecule has 2 N–H and O–H groups in total. The van der Waals surface area contributed by atoms with Gasteiger partial charge >= 0.3 is 0 Å². The van der Waals surface area contributed by atoms with Crippen LogP contribution in [0.4, 0.5) is 10.1 Å². The van der Waals surface area contributed by atoms with Crippen LogP contribution in [-0.2, 0) is 4.79 Å². The number of rotatable bonds is 4. The first-order chi connectivity index (χ1) is 7.17. The van der Waals surface area contributed by atoms with Crippen molar-refractivity contribution in [1.82, 2.24) is 5.32 Å². The third-order valence-corrected chi connectivity index (χ3v) is 1.77. The molecule has 1 amide bonds.